The Labute approximate surface area is 144 Å². The van der Waals surface area contributed by atoms with Crippen molar-refractivity contribution in [3.8, 4) is 0 Å². The Bertz CT molecular complexity index is 692. The van der Waals surface area contributed by atoms with E-state index in [-0.39, 0.29) is 34.6 Å². The number of benzene rings is 1. The Morgan fingerprint density at radius 1 is 1.46 bits per heavy atom. The van der Waals surface area contributed by atoms with Crippen LogP contribution in [0.4, 0.5) is 5.82 Å². The van der Waals surface area contributed by atoms with Crippen molar-refractivity contribution in [3.63, 3.8) is 0 Å². The van der Waals surface area contributed by atoms with Gasteiger partial charge in [-0.15, -0.1) is 0 Å². The van der Waals surface area contributed by atoms with Crippen molar-refractivity contribution in [2.24, 2.45) is 0 Å². The fourth-order valence-corrected chi connectivity index (χ4v) is 2.73. The predicted octanol–water partition coefficient (Wildman–Crippen LogP) is 1.75. The summed E-state index contributed by atoms with van der Waals surface area (Å²) in [5.41, 5.74) is 6.77. The number of carbonyl (C=O) groups is 1. The summed E-state index contributed by atoms with van der Waals surface area (Å²) in [5, 5.41) is 9.25. The molecule has 1 fully saturated rings. The predicted molar refractivity (Wildman–Crippen MR) is 89.7 cm³/mol. The molecule has 1 saturated heterocycles. The van der Waals surface area contributed by atoms with Crippen LogP contribution in [0.2, 0.25) is 5.02 Å². The van der Waals surface area contributed by atoms with Gasteiger partial charge in [0.05, 0.1) is 25.4 Å². The van der Waals surface area contributed by atoms with Gasteiger partial charge in [-0.3, -0.25) is 9.89 Å². The number of aromatic nitrogens is 2. The van der Waals surface area contributed by atoms with Crippen LogP contribution in [0.15, 0.2) is 30.3 Å². The summed E-state index contributed by atoms with van der Waals surface area (Å²) < 4.78 is 11.4. The van der Waals surface area contributed by atoms with E-state index >= 15 is 0 Å². The van der Waals surface area contributed by atoms with E-state index in [1.807, 2.05) is 30.3 Å². The number of hydrogen-bond donors (Lipinski definition) is 3. The summed E-state index contributed by atoms with van der Waals surface area (Å²) in [4.78, 5) is 12.3. The molecule has 0 aliphatic carbocycles. The quantitative estimate of drug-likeness (QED) is 0.762. The van der Waals surface area contributed by atoms with Gasteiger partial charge in [-0.25, -0.2) is 0 Å². The van der Waals surface area contributed by atoms with Crippen molar-refractivity contribution >= 4 is 23.3 Å². The molecule has 7 nitrogen and oxygen atoms in total. The van der Waals surface area contributed by atoms with Crippen molar-refractivity contribution in [2.45, 2.75) is 25.2 Å². The average Bonchev–Trinajstić information content (AvgIpc) is 2.94. The lowest BCUT2D eigenvalue weighted by Crippen LogP contribution is -2.50. The van der Waals surface area contributed by atoms with Gasteiger partial charge in [0.25, 0.3) is 5.91 Å². The third-order valence-electron chi connectivity index (χ3n) is 3.88. The first-order chi connectivity index (χ1) is 11.6. The molecule has 1 aliphatic rings. The van der Waals surface area contributed by atoms with E-state index in [9.17, 15) is 4.79 Å². The lowest BCUT2D eigenvalue weighted by molar-refractivity contribution is -0.0605. The zero-order valence-corrected chi connectivity index (χ0v) is 13.8. The van der Waals surface area contributed by atoms with Crippen LogP contribution in [-0.4, -0.2) is 41.5 Å². The highest BCUT2D eigenvalue weighted by atomic mass is 35.5. The highest BCUT2D eigenvalue weighted by Crippen LogP contribution is 2.21. The van der Waals surface area contributed by atoms with Crippen molar-refractivity contribution in [3.05, 3.63) is 46.6 Å². The molecule has 0 saturated carbocycles. The maximum atomic E-state index is 12.3. The summed E-state index contributed by atoms with van der Waals surface area (Å²) in [6, 6.07) is 9.62. The number of nitrogens with one attached hydrogen (secondary N) is 2. The number of nitrogens with two attached hydrogens (primary N) is 1. The van der Waals surface area contributed by atoms with Crippen LogP contribution in [0.5, 0.6) is 0 Å². The Morgan fingerprint density at radius 2 is 2.25 bits per heavy atom. The van der Waals surface area contributed by atoms with Crippen molar-refractivity contribution < 1.29 is 14.3 Å². The van der Waals surface area contributed by atoms with Crippen molar-refractivity contribution in [2.75, 3.05) is 18.9 Å². The lowest BCUT2D eigenvalue weighted by atomic mass is 10.1. The van der Waals surface area contributed by atoms with E-state index in [0.29, 0.717) is 26.2 Å². The molecule has 2 heterocycles. The maximum Gasteiger partial charge on any atom is 0.271 e. The Hall–Kier alpha value is -2.09. The molecule has 24 heavy (non-hydrogen) atoms. The number of hydrogen-bond acceptors (Lipinski definition) is 5. The molecular formula is C16H19ClN4O3. The van der Waals surface area contributed by atoms with Crippen LogP contribution in [0.25, 0.3) is 0 Å². The van der Waals surface area contributed by atoms with Crippen LogP contribution in [0.3, 0.4) is 0 Å². The number of rotatable bonds is 5. The van der Waals surface area contributed by atoms with Crippen molar-refractivity contribution in [1.29, 1.82) is 0 Å². The van der Waals surface area contributed by atoms with Crippen LogP contribution < -0.4 is 11.1 Å². The molecule has 1 amide bonds. The number of halogens is 1. The second kappa shape index (κ2) is 7.65. The van der Waals surface area contributed by atoms with E-state index in [0.717, 1.165) is 5.56 Å². The molecule has 0 unspecified atom stereocenters. The first-order valence-electron chi connectivity index (χ1n) is 7.68. The van der Waals surface area contributed by atoms with E-state index in [1.165, 1.54) is 0 Å². The first-order valence-corrected chi connectivity index (χ1v) is 8.06. The summed E-state index contributed by atoms with van der Waals surface area (Å²) in [6.07, 6.45) is 0.568. The summed E-state index contributed by atoms with van der Waals surface area (Å²) in [5.74, 6) is -0.286. The number of nitrogen functional groups attached to an aromatic ring is 1. The summed E-state index contributed by atoms with van der Waals surface area (Å²) in [7, 11) is 0. The van der Waals surface area contributed by atoms with Crippen LogP contribution in [0.1, 0.15) is 22.5 Å². The third-order valence-corrected chi connectivity index (χ3v) is 4.26. The van der Waals surface area contributed by atoms with Gasteiger partial charge in [-0.2, -0.15) is 5.10 Å². The number of H-pyrrole nitrogens is 1. The largest absolute Gasteiger partial charge is 0.381 e. The number of ether oxygens (including phenoxy) is 2. The Morgan fingerprint density at radius 3 is 2.96 bits per heavy atom. The molecule has 8 heteroatoms. The molecule has 2 atom stereocenters. The van der Waals surface area contributed by atoms with Gasteiger partial charge >= 0.3 is 0 Å². The Balaban J connectivity index is 1.62. The molecule has 3 rings (SSSR count). The highest BCUT2D eigenvalue weighted by molar-refractivity contribution is 6.35. The molecular weight excluding hydrogens is 332 g/mol. The van der Waals surface area contributed by atoms with E-state index in [2.05, 4.69) is 15.5 Å². The average molecular weight is 351 g/mol. The smallest absolute Gasteiger partial charge is 0.271 e. The fraction of sp³-hybridized carbons (Fsp3) is 0.375. The first kappa shape index (κ1) is 16.8. The van der Waals surface area contributed by atoms with E-state index in [1.54, 1.807) is 0 Å². The maximum absolute atomic E-state index is 12.3. The van der Waals surface area contributed by atoms with E-state index in [4.69, 9.17) is 26.8 Å². The fourth-order valence-electron chi connectivity index (χ4n) is 2.56. The molecule has 0 bridgehead atoms. The van der Waals surface area contributed by atoms with Gasteiger partial charge in [-0.05, 0) is 12.0 Å². The number of carbonyl (C=O) groups excluding carboxylic acids is 1. The number of aromatic amines is 1. The third kappa shape index (κ3) is 3.87. The molecule has 1 aliphatic heterocycles. The van der Waals surface area contributed by atoms with Gasteiger partial charge in [-0.1, -0.05) is 41.9 Å². The van der Waals surface area contributed by atoms with Gasteiger partial charge < -0.3 is 20.5 Å². The molecule has 128 valence electrons. The van der Waals surface area contributed by atoms with Crippen LogP contribution >= 0.6 is 11.6 Å². The molecule has 0 radical (unpaired) electrons. The highest BCUT2D eigenvalue weighted by Gasteiger charge is 2.29. The molecule has 1 aromatic heterocycles. The second-order valence-corrected chi connectivity index (χ2v) is 5.95. The Kier molecular flexibility index (Phi) is 5.34. The standard InChI is InChI=1S/C16H19ClN4O3/c17-13-14(20-21-15(13)18)16(22)19-11-9-23-7-6-12(11)24-8-10-4-2-1-3-5-10/h1-5,11-12H,6-9H2,(H,19,22)(H3,18,20,21)/t11-,12+/m1/s1. The zero-order valence-electron chi connectivity index (χ0n) is 13.0. The number of amides is 1. The number of nitrogens with zero attached hydrogens (tertiary/aromatic N) is 1. The van der Waals surface area contributed by atoms with Crippen LogP contribution in [0, 0.1) is 0 Å². The van der Waals surface area contributed by atoms with E-state index < -0.39 is 0 Å². The summed E-state index contributed by atoms with van der Waals surface area (Å²) in [6.45, 7) is 1.46. The lowest BCUT2D eigenvalue weighted by Gasteiger charge is -2.32. The van der Waals surface area contributed by atoms with Crippen LogP contribution in [-0.2, 0) is 16.1 Å². The van der Waals surface area contributed by atoms with Gasteiger partial charge in [0.1, 0.15) is 10.7 Å². The molecule has 2 aromatic rings. The second-order valence-electron chi connectivity index (χ2n) is 5.58. The molecule has 1 aromatic carbocycles. The molecule has 4 N–H and O–H groups in total. The van der Waals surface area contributed by atoms with Gasteiger partial charge in [0, 0.05) is 6.61 Å². The minimum atomic E-state index is -0.381. The van der Waals surface area contributed by atoms with Crippen molar-refractivity contribution in [1.82, 2.24) is 15.5 Å². The minimum absolute atomic E-state index is 0.0959. The monoisotopic (exact) mass is 350 g/mol. The van der Waals surface area contributed by atoms with Gasteiger partial charge in [0.15, 0.2) is 5.82 Å². The number of anilines is 1. The topological polar surface area (TPSA) is 102 Å². The zero-order chi connectivity index (χ0) is 16.9. The minimum Gasteiger partial charge on any atom is -0.381 e. The molecule has 0 spiro atoms. The normalized spacial score (nSPS) is 20.7. The summed E-state index contributed by atoms with van der Waals surface area (Å²) >= 11 is 5.96. The van der Waals surface area contributed by atoms with Gasteiger partial charge in [0.2, 0.25) is 0 Å². The SMILES string of the molecule is Nc1n[nH]c(C(=O)N[C@@H]2COCC[C@@H]2OCc2ccccc2)c1Cl.